The van der Waals surface area contributed by atoms with Gasteiger partial charge in [-0.3, -0.25) is 0 Å². The van der Waals surface area contributed by atoms with Crippen molar-refractivity contribution in [2.45, 2.75) is 20.3 Å². The van der Waals surface area contributed by atoms with Crippen LogP contribution in [-0.2, 0) is 6.42 Å². The molecule has 132 valence electrons. The highest BCUT2D eigenvalue weighted by Crippen LogP contribution is 2.38. The summed E-state index contributed by atoms with van der Waals surface area (Å²) in [6.45, 7) is 4.35. The van der Waals surface area contributed by atoms with Crippen molar-refractivity contribution in [2.75, 3.05) is 0 Å². The topological polar surface area (TPSA) is 25.8 Å². The van der Waals surface area contributed by atoms with Gasteiger partial charge in [-0.1, -0.05) is 73.7 Å². The van der Waals surface area contributed by atoms with Gasteiger partial charge in [0.05, 0.1) is 0 Å². The zero-order chi connectivity index (χ0) is 18.6. The maximum atomic E-state index is 4.46. The van der Waals surface area contributed by atoms with E-state index in [9.17, 15) is 0 Å². The van der Waals surface area contributed by atoms with E-state index < -0.39 is 0 Å². The molecule has 27 heavy (non-hydrogen) atoms. The number of rotatable bonds is 4. The van der Waals surface area contributed by atoms with E-state index in [-0.39, 0.29) is 0 Å². The van der Waals surface area contributed by atoms with E-state index in [1.54, 1.807) is 12.4 Å². The fraction of sp³-hybridized carbons (Fsp3) is 0.120. The largest absolute Gasteiger partial charge is 0.237 e. The predicted molar refractivity (Wildman–Crippen MR) is 112 cm³/mol. The predicted octanol–water partition coefficient (Wildman–Crippen LogP) is 6.35. The molecule has 0 aliphatic rings. The first-order valence-corrected chi connectivity index (χ1v) is 9.33. The minimum Gasteiger partial charge on any atom is -0.237 e. The van der Waals surface area contributed by atoms with E-state index in [4.69, 9.17) is 0 Å². The minimum atomic E-state index is 0.765. The Hall–Kier alpha value is -3.26. The molecule has 4 aromatic rings. The van der Waals surface area contributed by atoms with Gasteiger partial charge in [0, 0.05) is 18.0 Å². The number of aromatic nitrogens is 2. The fourth-order valence-corrected chi connectivity index (χ4v) is 3.53. The third-order valence-electron chi connectivity index (χ3n) is 5.01. The zero-order valence-corrected chi connectivity index (χ0v) is 15.7. The van der Waals surface area contributed by atoms with Gasteiger partial charge in [-0.05, 0) is 52.8 Å². The second-order valence-corrected chi connectivity index (χ2v) is 6.65. The fourth-order valence-electron chi connectivity index (χ4n) is 3.53. The van der Waals surface area contributed by atoms with Crippen molar-refractivity contribution in [3.63, 3.8) is 0 Å². The quantitative estimate of drug-likeness (QED) is 0.429. The summed E-state index contributed by atoms with van der Waals surface area (Å²) in [5.74, 6) is 0.765. The molecule has 0 amide bonds. The van der Waals surface area contributed by atoms with Crippen LogP contribution in [0.25, 0.3) is 33.6 Å². The Bertz CT molecular complexity index is 1040. The van der Waals surface area contributed by atoms with E-state index in [0.29, 0.717) is 0 Å². The van der Waals surface area contributed by atoms with Gasteiger partial charge in [-0.2, -0.15) is 0 Å². The summed E-state index contributed by atoms with van der Waals surface area (Å²) in [4.78, 5) is 8.93. The van der Waals surface area contributed by atoms with Crippen molar-refractivity contribution in [1.29, 1.82) is 0 Å². The van der Waals surface area contributed by atoms with Gasteiger partial charge in [0.25, 0.3) is 0 Å². The molecular formula is C25H22N2. The summed E-state index contributed by atoms with van der Waals surface area (Å²) in [5, 5.41) is 0. The van der Waals surface area contributed by atoms with Crippen LogP contribution in [-0.4, -0.2) is 9.97 Å². The lowest BCUT2D eigenvalue weighted by Gasteiger charge is -2.17. The van der Waals surface area contributed by atoms with Crippen molar-refractivity contribution in [2.24, 2.45) is 0 Å². The molecule has 0 spiro atoms. The first-order valence-electron chi connectivity index (χ1n) is 9.33. The molecule has 4 rings (SSSR count). The third kappa shape index (κ3) is 3.39. The molecule has 0 saturated carbocycles. The molecule has 0 fully saturated rings. The number of hydrogen-bond acceptors (Lipinski definition) is 2. The van der Waals surface area contributed by atoms with Crippen molar-refractivity contribution in [3.8, 4) is 33.6 Å². The number of aryl methyl sites for hydroxylation is 1. The normalized spacial score (nSPS) is 10.7. The van der Waals surface area contributed by atoms with E-state index in [2.05, 4.69) is 90.5 Å². The zero-order valence-electron chi connectivity index (χ0n) is 15.7. The van der Waals surface area contributed by atoms with E-state index in [1.807, 2.05) is 6.07 Å². The molecule has 0 N–H and O–H groups in total. The summed E-state index contributed by atoms with van der Waals surface area (Å²) in [5.41, 5.74) is 8.54. The maximum Gasteiger partial charge on any atom is 0.159 e. The van der Waals surface area contributed by atoms with Crippen LogP contribution in [0, 0.1) is 6.92 Å². The number of benzene rings is 3. The molecule has 0 aliphatic heterocycles. The molecule has 0 saturated heterocycles. The van der Waals surface area contributed by atoms with Gasteiger partial charge >= 0.3 is 0 Å². The lowest BCUT2D eigenvalue weighted by Crippen LogP contribution is -1.96. The Labute approximate surface area is 160 Å². The maximum absolute atomic E-state index is 4.46. The molecule has 0 aliphatic carbocycles. The molecular weight excluding hydrogens is 328 g/mol. The summed E-state index contributed by atoms with van der Waals surface area (Å²) in [6, 6.07) is 25.6. The molecule has 0 radical (unpaired) electrons. The number of nitrogens with zero attached hydrogens (tertiary/aromatic N) is 2. The molecule has 3 aromatic carbocycles. The summed E-state index contributed by atoms with van der Waals surface area (Å²) >= 11 is 0. The van der Waals surface area contributed by atoms with Crippen LogP contribution in [0.3, 0.4) is 0 Å². The van der Waals surface area contributed by atoms with Crippen LogP contribution in [0.1, 0.15) is 18.1 Å². The van der Waals surface area contributed by atoms with Gasteiger partial charge < -0.3 is 0 Å². The van der Waals surface area contributed by atoms with Crippen LogP contribution in [0.2, 0.25) is 0 Å². The van der Waals surface area contributed by atoms with Crippen LogP contribution in [0.5, 0.6) is 0 Å². The Morgan fingerprint density at radius 2 is 1.33 bits per heavy atom. The average molecular weight is 350 g/mol. The van der Waals surface area contributed by atoms with E-state index in [0.717, 1.165) is 17.8 Å². The monoisotopic (exact) mass is 350 g/mol. The van der Waals surface area contributed by atoms with Gasteiger partial charge in [-0.15, -0.1) is 0 Å². The van der Waals surface area contributed by atoms with Crippen LogP contribution in [0.15, 0.2) is 85.2 Å². The van der Waals surface area contributed by atoms with Crippen molar-refractivity contribution in [3.05, 3.63) is 96.3 Å². The second kappa shape index (κ2) is 7.55. The standard InChI is InChI=1S/C25H22N2/c1-3-19-10-12-21(13-11-19)24-18(2)22(25-26-16-7-17-27-25)14-15-23(24)20-8-5-4-6-9-20/h4-17H,3H2,1-2H3. The van der Waals surface area contributed by atoms with Gasteiger partial charge in [-0.25, -0.2) is 9.97 Å². The molecule has 1 aromatic heterocycles. The first-order chi connectivity index (χ1) is 13.3. The molecule has 1 heterocycles. The average Bonchev–Trinajstić information content (AvgIpc) is 2.75. The second-order valence-electron chi connectivity index (χ2n) is 6.65. The highest BCUT2D eigenvalue weighted by Gasteiger charge is 2.15. The highest BCUT2D eigenvalue weighted by molar-refractivity contribution is 5.89. The van der Waals surface area contributed by atoms with Crippen molar-refractivity contribution in [1.82, 2.24) is 9.97 Å². The van der Waals surface area contributed by atoms with Crippen LogP contribution < -0.4 is 0 Å². The van der Waals surface area contributed by atoms with E-state index in [1.165, 1.54) is 33.4 Å². The summed E-state index contributed by atoms with van der Waals surface area (Å²) < 4.78 is 0. The SMILES string of the molecule is CCc1ccc(-c2c(-c3ccccc3)ccc(-c3ncccn3)c2C)cc1. The minimum absolute atomic E-state index is 0.765. The van der Waals surface area contributed by atoms with Gasteiger partial charge in [0.2, 0.25) is 0 Å². The van der Waals surface area contributed by atoms with Crippen LogP contribution in [0.4, 0.5) is 0 Å². The molecule has 0 bridgehead atoms. The molecule has 0 atom stereocenters. The molecule has 2 heteroatoms. The third-order valence-corrected chi connectivity index (χ3v) is 5.01. The summed E-state index contributed by atoms with van der Waals surface area (Å²) in [7, 11) is 0. The van der Waals surface area contributed by atoms with Gasteiger partial charge in [0.1, 0.15) is 0 Å². The summed E-state index contributed by atoms with van der Waals surface area (Å²) in [6.07, 6.45) is 4.63. The van der Waals surface area contributed by atoms with Gasteiger partial charge in [0.15, 0.2) is 5.82 Å². The Morgan fingerprint density at radius 1 is 0.667 bits per heavy atom. The van der Waals surface area contributed by atoms with Crippen molar-refractivity contribution < 1.29 is 0 Å². The Morgan fingerprint density at radius 3 is 2.00 bits per heavy atom. The molecule has 0 unspecified atom stereocenters. The Balaban J connectivity index is 1.96. The van der Waals surface area contributed by atoms with E-state index >= 15 is 0 Å². The Kier molecular flexibility index (Phi) is 4.80. The lowest BCUT2D eigenvalue weighted by molar-refractivity contribution is 1.14. The highest BCUT2D eigenvalue weighted by atomic mass is 14.9. The lowest BCUT2D eigenvalue weighted by atomic mass is 9.88. The first kappa shape index (κ1) is 17.2. The van der Waals surface area contributed by atoms with Crippen molar-refractivity contribution >= 4 is 0 Å². The molecule has 2 nitrogen and oxygen atoms in total. The smallest absolute Gasteiger partial charge is 0.159 e. The number of hydrogen-bond donors (Lipinski definition) is 0. The van der Waals surface area contributed by atoms with Crippen LogP contribution >= 0.6 is 0 Å².